The predicted molar refractivity (Wildman–Crippen MR) is 47.6 cm³/mol. The molecule has 16 heavy (non-hydrogen) atoms. The van der Waals surface area contributed by atoms with Crippen LogP contribution in [-0.2, 0) is 4.79 Å². The fourth-order valence-electron chi connectivity index (χ4n) is 1.09. The highest BCUT2D eigenvalue weighted by atomic mass is 19.2. The van der Waals surface area contributed by atoms with Crippen molar-refractivity contribution in [3.63, 3.8) is 0 Å². The number of benzene rings is 1. The summed E-state index contributed by atoms with van der Waals surface area (Å²) in [5.74, 6) is -7.39. The second-order valence-electron chi connectivity index (χ2n) is 2.89. The molecule has 0 spiro atoms. The van der Waals surface area contributed by atoms with Gasteiger partial charge in [-0.2, -0.15) is 0 Å². The third kappa shape index (κ3) is 2.13. The van der Waals surface area contributed by atoms with Crippen molar-refractivity contribution in [2.24, 2.45) is 0 Å². The minimum absolute atomic E-state index is 0.160. The molecule has 86 valence electrons. The summed E-state index contributed by atoms with van der Waals surface area (Å²) in [6.45, 7) is 0.979. The minimum Gasteiger partial charge on any atom is -0.478 e. The Morgan fingerprint density at radius 1 is 1.25 bits per heavy atom. The summed E-state index contributed by atoms with van der Waals surface area (Å²) in [7, 11) is 0. The Kier molecular flexibility index (Phi) is 3.17. The van der Waals surface area contributed by atoms with Gasteiger partial charge in [-0.3, -0.25) is 4.79 Å². The highest BCUT2D eigenvalue weighted by Gasteiger charge is 2.24. The molecular formula is C9H6F3NO3. The van der Waals surface area contributed by atoms with E-state index in [0.29, 0.717) is 0 Å². The Morgan fingerprint density at radius 2 is 1.81 bits per heavy atom. The van der Waals surface area contributed by atoms with Crippen LogP contribution in [0.25, 0.3) is 0 Å². The van der Waals surface area contributed by atoms with Gasteiger partial charge in [0.15, 0.2) is 17.5 Å². The van der Waals surface area contributed by atoms with E-state index in [4.69, 9.17) is 5.11 Å². The lowest BCUT2D eigenvalue weighted by molar-refractivity contribution is -0.114. The van der Waals surface area contributed by atoms with Crippen molar-refractivity contribution in [3.05, 3.63) is 29.1 Å². The van der Waals surface area contributed by atoms with Crippen molar-refractivity contribution in [3.8, 4) is 0 Å². The van der Waals surface area contributed by atoms with Crippen molar-refractivity contribution in [1.29, 1.82) is 0 Å². The lowest BCUT2D eigenvalue weighted by Gasteiger charge is -2.09. The average molecular weight is 233 g/mol. The SMILES string of the molecule is CC(=O)Nc1c(F)cc(F)c(F)c1C(=O)O. The predicted octanol–water partition coefficient (Wildman–Crippen LogP) is 1.76. The largest absolute Gasteiger partial charge is 0.478 e. The molecule has 0 heterocycles. The van der Waals surface area contributed by atoms with Crippen molar-refractivity contribution in [1.82, 2.24) is 0 Å². The summed E-state index contributed by atoms with van der Waals surface area (Å²) in [5.41, 5.74) is -2.13. The van der Waals surface area contributed by atoms with Crippen LogP contribution >= 0.6 is 0 Å². The first kappa shape index (κ1) is 12.0. The lowest BCUT2D eigenvalue weighted by Crippen LogP contribution is -2.15. The Balaban J connectivity index is 3.50. The average Bonchev–Trinajstić information content (AvgIpc) is 2.13. The van der Waals surface area contributed by atoms with Crippen LogP contribution in [0.15, 0.2) is 6.07 Å². The molecule has 0 aliphatic carbocycles. The molecule has 0 atom stereocenters. The lowest BCUT2D eigenvalue weighted by atomic mass is 10.1. The van der Waals surface area contributed by atoms with E-state index in [2.05, 4.69) is 0 Å². The molecule has 0 saturated heterocycles. The van der Waals surface area contributed by atoms with E-state index in [9.17, 15) is 22.8 Å². The van der Waals surface area contributed by atoms with Gasteiger partial charge in [0.05, 0.1) is 5.69 Å². The van der Waals surface area contributed by atoms with Gasteiger partial charge >= 0.3 is 5.97 Å². The monoisotopic (exact) mass is 233 g/mol. The molecule has 0 unspecified atom stereocenters. The third-order valence-corrected chi connectivity index (χ3v) is 1.69. The molecular weight excluding hydrogens is 227 g/mol. The molecule has 1 aromatic carbocycles. The second-order valence-corrected chi connectivity index (χ2v) is 2.89. The topological polar surface area (TPSA) is 66.4 Å². The van der Waals surface area contributed by atoms with Crippen LogP contribution in [0.4, 0.5) is 18.9 Å². The zero-order valence-corrected chi connectivity index (χ0v) is 7.97. The van der Waals surface area contributed by atoms with Gasteiger partial charge < -0.3 is 10.4 Å². The molecule has 1 aromatic rings. The van der Waals surface area contributed by atoms with Gasteiger partial charge in [0.2, 0.25) is 5.91 Å². The summed E-state index contributed by atoms with van der Waals surface area (Å²) in [6, 6.07) is 0.160. The van der Waals surface area contributed by atoms with Crippen LogP contribution < -0.4 is 5.32 Å². The van der Waals surface area contributed by atoms with E-state index < -0.39 is 40.6 Å². The van der Waals surface area contributed by atoms with Gasteiger partial charge in [0.25, 0.3) is 0 Å². The fourth-order valence-corrected chi connectivity index (χ4v) is 1.09. The normalized spacial score (nSPS) is 10.0. The number of hydrogen-bond donors (Lipinski definition) is 2. The number of carboxylic acids is 1. The number of rotatable bonds is 2. The van der Waals surface area contributed by atoms with Crippen LogP contribution in [0.3, 0.4) is 0 Å². The van der Waals surface area contributed by atoms with Crippen LogP contribution in [0.1, 0.15) is 17.3 Å². The van der Waals surface area contributed by atoms with E-state index in [1.165, 1.54) is 0 Å². The number of hydrogen-bond acceptors (Lipinski definition) is 2. The Morgan fingerprint density at radius 3 is 2.25 bits per heavy atom. The van der Waals surface area contributed by atoms with E-state index >= 15 is 0 Å². The summed E-state index contributed by atoms with van der Waals surface area (Å²) in [6.07, 6.45) is 0. The quantitative estimate of drug-likeness (QED) is 0.765. The molecule has 4 nitrogen and oxygen atoms in total. The molecule has 0 bridgehead atoms. The fraction of sp³-hybridized carbons (Fsp3) is 0.111. The standard InChI is InChI=1S/C9H6F3NO3/c1-3(14)13-8-5(11)2-4(10)7(12)6(8)9(15)16/h2H,1H3,(H,13,14)(H,15,16). The summed E-state index contributed by atoms with van der Waals surface area (Å²) in [5, 5.41) is 10.4. The number of carbonyl (C=O) groups excluding carboxylic acids is 1. The molecule has 1 rings (SSSR count). The molecule has 0 aromatic heterocycles. The zero-order chi connectivity index (χ0) is 12.5. The summed E-state index contributed by atoms with van der Waals surface area (Å²) in [4.78, 5) is 21.3. The zero-order valence-electron chi connectivity index (χ0n) is 7.97. The van der Waals surface area contributed by atoms with Crippen LogP contribution in [0, 0.1) is 17.5 Å². The summed E-state index contributed by atoms with van der Waals surface area (Å²) < 4.78 is 38.9. The Bertz CT molecular complexity index is 474. The van der Waals surface area contributed by atoms with E-state index in [1.54, 1.807) is 5.32 Å². The number of carbonyl (C=O) groups is 2. The van der Waals surface area contributed by atoms with Gasteiger partial charge in [-0.15, -0.1) is 0 Å². The number of anilines is 1. The Hall–Kier alpha value is -2.05. The second kappa shape index (κ2) is 4.21. The smallest absolute Gasteiger partial charge is 0.341 e. The number of nitrogens with one attached hydrogen (secondary N) is 1. The van der Waals surface area contributed by atoms with E-state index in [1.807, 2.05) is 0 Å². The number of amides is 1. The van der Waals surface area contributed by atoms with Gasteiger partial charge in [-0.25, -0.2) is 18.0 Å². The van der Waals surface area contributed by atoms with E-state index in [0.717, 1.165) is 6.92 Å². The maximum absolute atomic E-state index is 13.1. The molecule has 2 N–H and O–H groups in total. The highest BCUT2D eigenvalue weighted by Crippen LogP contribution is 2.25. The van der Waals surface area contributed by atoms with Crippen molar-refractivity contribution in [2.75, 3.05) is 5.32 Å². The maximum Gasteiger partial charge on any atom is 0.341 e. The number of aromatic carboxylic acids is 1. The molecule has 1 amide bonds. The maximum atomic E-state index is 13.1. The van der Waals surface area contributed by atoms with Crippen LogP contribution in [0.5, 0.6) is 0 Å². The highest BCUT2D eigenvalue weighted by molar-refractivity contribution is 6.00. The van der Waals surface area contributed by atoms with E-state index in [-0.39, 0.29) is 6.07 Å². The van der Waals surface area contributed by atoms with Crippen molar-refractivity contribution < 1.29 is 27.9 Å². The molecule has 0 fully saturated rings. The van der Waals surface area contributed by atoms with Crippen molar-refractivity contribution in [2.45, 2.75) is 6.92 Å². The first-order valence-electron chi connectivity index (χ1n) is 4.03. The summed E-state index contributed by atoms with van der Waals surface area (Å²) >= 11 is 0. The van der Waals surface area contributed by atoms with Crippen LogP contribution in [-0.4, -0.2) is 17.0 Å². The molecule has 7 heteroatoms. The van der Waals surface area contributed by atoms with Gasteiger partial charge in [0.1, 0.15) is 5.56 Å². The Labute approximate surface area is 87.7 Å². The molecule has 0 saturated carbocycles. The molecule has 0 radical (unpaired) electrons. The minimum atomic E-state index is -1.88. The third-order valence-electron chi connectivity index (χ3n) is 1.69. The van der Waals surface area contributed by atoms with Gasteiger partial charge in [-0.05, 0) is 0 Å². The van der Waals surface area contributed by atoms with Crippen LogP contribution in [0.2, 0.25) is 0 Å². The number of carboxylic acid groups (broad SMARTS) is 1. The van der Waals surface area contributed by atoms with Gasteiger partial charge in [-0.1, -0.05) is 0 Å². The first-order chi connectivity index (χ1) is 7.34. The molecule has 0 aliphatic heterocycles. The molecule has 0 aliphatic rings. The number of halogens is 3. The first-order valence-corrected chi connectivity index (χ1v) is 4.03. The van der Waals surface area contributed by atoms with Crippen molar-refractivity contribution >= 4 is 17.6 Å². The van der Waals surface area contributed by atoms with Gasteiger partial charge in [0, 0.05) is 13.0 Å².